The van der Waals surface area contributed by atoms with E-state index < -0.39 is 77.2 Å². The van der Waals surface area contributed by atoms with Crippen LogP contribution < -0.4 is 10.2 Å². The number of carbonyl (C=O) groups is 2. The van der Waals surface area contributed by atoms with Crippen LogP contribution in [-0.4, -0.2) is 24.3 Å². The average Bonchev–Trinajstić information content (AvgIpc) is 3.14. The fraction of sp³-hybridized carbons (Fsp3) is 0.364. The van der Waals surface area contributed by atoms with Crippen LogP contribution in [0, 0.1) is 0 Å². The molecule has 0 saturated carbocycles. The van der Waals surface area contributed by atoms with E-state index in [1.165, 1.54) is 6.92 Å². The van der Waals surface area contributed by atoms with Gasteiger partial charge in [0.05, 0.1) is 11.1 Å². The van der Waals surface area contributed by atoms with Crippen molar-refractivity contribution in [2.24, 2.45) is 0 Å². The summed E-state index contributed by atoms with van der Waals surface area (Å²) < 4.78 is 126. The van der Waals surface area contributed by atoms with E-state index in [2.05, 4.69) is 10.1 Å². The van der Waals surface area contributed by atoms with Crippen LogP contribution >= 0.6 is 0 Å². The smallest absolute Gasteiger partial charge is 0.428 e. The number of hydrogen-bond acceptors (Lipinski definition) is 3. The predicted octanol–water partition coefficient (Wildman–Crippen LogP) is 6.38. The molecule has 1 N–H and O–H groups in total. The number of rotatable bonds is 5. The van der Waals surface area contributed by atoms with Gasteiger partial charge in [0, 0.05) is 18.7 Å². The van der Waals surface area contributed by atoms with Crippen LogP contribution in [0.1, 0.15) is 41.6 Å². The number of carbonyl (C=O) groups excluding carboxylic acids is 2. The molecule has 5 nitrogen and oxygen atoms in total. The second-order valence-electron chi connectivity index (χ2n) is 7.75. The lowest BCUT2D eigenvalue weighted by Gasteiger charge is -2.27. The van der Waals surface area contributed by atoms with Gasteiger partial charge in [-0.25, -0.2) is 4.79 Å². The molecule has 14 heteroatoms. The van der Waals surface area contributed by atoms with Gasteiger partial charge in [-0.3, -0.25) is 9.69 Å². The number of halogens is 9. The molecule has 1 aliphatic heterocycles. The molecule has 0 bridgehead atoms. The summed E-state index contributed by atoms with van der Waals surface area (Å²) in [5.74, 6) is -0.562. The van der Waals surface area contributed by atoms with Gasteiger partial charge in [-0.15, -0.1) is 0 Å². The van der Waals surface area contributed by atoms with E-state index in [0.29, 0.717) is 18.2 Å². The molecule has 2 aromatic rings. The number of nitrogens with one attached hydrogen (secondary N) is 1. The van der Waals surface area contributed by atoms with Gasteiger partial charge < -0.3 is 10.1 Å². The Balaban J connectivity index is 2.14. The maximum atomic E-state index is 13.7. The van der Waals surface area contributed by atoms with Crippen LogP contribution in [0.25, 0.3) is 0 Å². The SMILES string of the molecule is CCC(=O)NCc1ccc(N2C(=O)OC(C(F)(F)F)C2c2cccc(C(F)(F)F)c2)cc1C(F)(F)F. The van der Waals surface area contributed by atoms with Gasteiger partial charge in [-0.05, 0) is 35.4 Å². The average molecular weight is 528 g/mol. The van der Waals surface area contributed by atoms with Crippen molar-refractivity contribution >= 4 is 17.7 Å². The Kier molecular flexibility index (Phi) is 7.19. The van der Waals surface area contributed by atoms with Gasteiger partial charge >= 0.3 is 24.6 Å². The summed E-state index contributed by atoms with van der Waals surface area (Å²) in [4.78, 5) is 24.1. The minimum Gasteiger partial charge on any atom is -0.433 e. The fourth-order valence-corrected chi connectivity index (χ4v) is 3.66. The van der Waals surface area contributed by atoms with Gasteiger partial charge in [0.15, 0.2) is 0 Å². The zero-order valence-electron chi connectivity index (χ0n) is 18.2. The molecule has 2 amide bonds. The Bertz CT molecular complexity index is 1140. The van der Waals surface area contributed by atoms with Crippen molar-refractivity contribution in [2.45, 2.75) is 50.6 Å². The minimum absolute atomic E-state index is 0.0173. The quantitative estimate of drug-likeness (QED) is 0.459. The molecule has 3 rings (SSSR count). The highest BCUT2D eigenvalue weighted by molar-refractivity contribution is 5.91. The van der Waals surface area contributed by atoms with E-state index >= 15 is 0 Å². The molecule has 0 spiro atoms. The van der Waals surface area contributed by atoms with Crippen LogP contribution in [0.5, 0.6) is 0 Å². The number of hydrogen-bond donors (Lipinski definition) is 1. The van der Waals surface area contributed by atoms with Crippen molar-refractivity contribution in [3.05, 3.63) is 64.7 Å². The van der Waals surface area contributed by atoms with Crippen molar-refractivity contribution in [2.75, 3.05) is 4.90 Å². The summed E-state index contributed by atoms with van der Waals surface area (Å²) in [5.41, 5.74) is -4.46. The number of amides is 2. The first kappa shape index (κ1) is 27.1. The second kappa shape index (κ2) is 9.54. The Morgan fingerprint density at radius 2 is 1.64 bits per heavy atom. The van der Waals surface area contributed by atoms with Crippen molar-refractivity contribution in [3.8, 4) is 0 Å². The molecule has 1 aliphatic rings. The van der Waals surface area contributed by atoms with Crippen molar-refractivity contribution < 1.29 is 53.8 Å². The second-order valence-corrected chi connectivity index (χ2v) is 7.75. The molecular formula is C22H17F9N2O3. The van der Waals surface area contributed by atoms with Gasteiger partial charge in [0.2, 0.25) is 12.0 Å². The molecule has 1 fully saturated rings. The fourth-order valence-electron chi connectivity index (χ4n) is 3.66. The zero-order chi connectivity index (χ0) is 27.1. The number of nitrogens with zero attached hydrogens (tertiary/aromatic N) is 1. The van der Waals surface area contributed by atoms with Crippen LogP contribution in [0.2, 0.25) is 0 Å². The lowest BCUT2D eigenvalue weighted by molar-refractivity contribution is -0.199. The Morgan fingerprint density at radius 1 is 0.972 bits per heavy atom. The first-order chi connectivity index (χ1) is 16.5. The summed E-state index contributed by atoms with van der Waals surface area (Å²) in [6.07, 6.45) is -19.9. The highest BCUT2D eigenvalue weighted by atomic mass is 19.4. The summed E-state index contributed by atoms with van der Waals surface area (Å²) in [6, 6.07) is 2.54. The Hall–Kier alpha value is -3.45. The normalized spacial score (nSPS) is 18.8. The van der Waals surface area contributed by atoms with Gasteiger partial charge in [0.25, 0.3) is 0 Å². The predicted molar refractivity (Wildman–Crippen MR) is 107 cm³/mol. The molecule has 0 radical (unpaired) electrons. The van der Waals surface area contributed by atoms with Gasteiger partial charge in [0.1, 0.15) is 6.04 Å². The zero-order valence-corrected chi connectivity index (χ0v) is 18.2. The third kappa shape index (κ3) is 5.68. The standard InChI is InChI=1S/C22H17F9N2O3/c1-2-16(34)32-10-12-6-7-14(9-15(12)21(26,27)28)33-17(18(22(29,30)31)36-19(33)35)11-4-3-5-13(8-11)20(23,24)25/h3-9,17-18H,2,10H2,1H3,(H,32,34). The molecule has 2 atom stereocenters. The third-order valence-corrected chi connectivity index (χ3v) is 5.34. The summed E-state index contributed by atoms with van der Waals surface area (Å²) in [5, 5.41) is 2.24. The van der Waals surface area contributed by atoms with Crippen molar-refractivity contribution in [3.63, 3.8) is 0 Å². The Morgan fingerprint density at radius 3 is 2.19 bits per heavy atom. The van der Waals surface area contributed by atoms with Crippen molar-refractivity contribution in [1.29, 1.82) is 0 Å². The first-order valence-corrected chi connectivity index (χ1v) is 10.2. The lowest BCUT2D eigenvalue weighted by Crippen LogP contribution is -2.37. The summed E-state index contributed by atoms with van der Waals surface area (Å²) >= 11 is 0. The third-order valence-electron chi connectivity index (χ3n) is 5.34. The van der Waals surface area contributed by atoms with E-state index in [1.54, 1.807) is 0 Å². The largest absolute Gasteiger partial charge is 0.433 e. The summed E-state index contributed by atoms with van der Waals surface area (Å²) in [7, 11) is 0. The number of benzene rings is 2. The number of cyclic esters (lactones) is 1. The van der Waals surface area contributed by atoms with Crippen LogP contribution in [-0.2, 0) is 28.4 Å². The monoisotopic (exact) mass is 528 g/mol. The maximum Gasteiger partial charge on any atom is 0.428 e. The topological polar surface area (TPSA) is 58.6 Å². The van der Waals surface area contributed by atoms with Crippen LogP contribution in [0.4, 0.5) is 50.0 Å². The molecule has 2 unspecified atom stereocenters. The minimum atomic E-state index is -5.25. The van der Waals surface area contributed by atoms with Crippen LogP contribution in [0.3, 0.4) is 0 Å². The molecule has 1 heterocycles. The molecule has 36 heavy (non-hydrogen) atoms. The van der Waals surface area contributed by atoms with E-state index in [9.17, 15) is 49.1 Å². The number of alkyl halides is 9. The van der Waals surface area contributed by atoms with E-state index in [1.807, 2.05) is 0 Å². The van der Waals surface area contributed by atoms with Gasteiger partial charge in [-0.2, -0.15) is 39.5 Å². The number of ether oxygens (including phenoxy) is 1. The lowest BCUT2D eigenvalue weighted by atomic mass is 9.97. The maximum absolute atomic E-state index is 13.7. The van der Waals surface area contributed by atoms with E-state index in [4.69, 9.17) is 0 Å². The molecular weight excluding hydrogens is 511 g/mol. The highest BCUT2D eigenvalue weighted by Crippen LogP contribution is 2.46. The first-order valence-electron chi connectivity index (χ1n) is 10.2. The van der Waals surface area contributed by atoms with Gasteiger partial charge in [-0.1, -0.05) is 25.1 Å². The number of anilines is 1. The van der Waals surface area contributed by atoms with E-state index in [0.717, 1.165) is 24.3 Å². The molecule has 1 saturated heterocycles. The summed E-state index contributed by atoms with van der Waals surface area (Å²) in [6.45, 7) is 0.904. The van der Waals surface area contributed by atoms with Crippen molar-refractivity contribution in [1.82, 2.24) is 5.32 Å². The molecule has 196 valence electrons. The Labute approximate surface area is 197 Å². The highest BCUT2D eigenvalue weighted by Gasteiger charge is 2.57. The van der Waals surface area contributed by atoms with E-state index in [-0.39, 0.29) is 11.3 Å². The van der Waals surface area contributed by atoms with Crippen LogP contribution in [0.15, 0.2) is 42.5 Å². The molecule has 0 aromatic heterocycles. The molecule has 0 aliphatic carbocycles. The molecule has 2 aromatic carbocycles.